The first-order valence-electron chi connectivity index (χ1n) is 6.57. The number of nitrogens with zero attached hydrogens (tertiary/aromatic N) is 3. The van der Waals surface area contributed by atoms with Crippen LogP contribution < -0.4 is 10.5 Å². The van der Waals surface area contributed by atoms with Crippen LogP contribution in [0.15, 0.2) is 33.0 Å². The van der Waals surface area contributed by atoms with Crippen molar-refractivity contribution in [2.45, 2.75) is 19.9 Å². The van der Waals surface area contributed by atoms with Crippen LogP contribution in [0.5, 0.6) is 0 Å². The number of anilines is 1. The average Bonchev–Trinajstić information content (AvgIpc) is 2.87. The van der Waals surface area contributed by atoms with Crippen LogP contribution in [0.4, 0.5) is 5.69 Å². The highest BCUT2D eigenvalue weighted by atomic mass is 79.9. The molecule has 0 saturated carbocycles. The Morgan fingerprint density at radius 3 is 2.86 bits per heavy atom. The monoisotopic (exact) mass is 369 g/mol. The number of rotatable bonds is 6. The standard InChI is InChI=1S/C14H16BrN3O2S/c1-3-5-17(2)10-7-13(20)18(16-8-10)9-12(19)14-11(15)4-6-21-14/h4,6-8H,3,5,9H2,1-2H3. The summed E-state index contributed by atoms with van der Waals surface area (Å²) < 4.78 is 1.95. The van der Waals surface area contributed by atoms with E-state index in [1.54, 1.807) is 6.20 Å². The van der Waals surface area contributed by atoms with Crippen molar-refractivity contribution in [1.29, 1.82) is 0 Å². The summed E-state index contributed by atoms with van der Waals surface area (Å²) in [6, 6.07) is 3.33. The van der Waals surface area contributed by atoms with Gasteiger partial charge in [-0.1, -0.05) is 6.92 Å². The van der Waals surface area contributed by atoms with Crippen LogP contribution >= 0.6 is 27.3 Å². The number of carbonyl (C=O) groups excluding carboxylic acids is 1. The van der Waals surface area contributed by atoms with Gasteiger partial charge < -0.3 is 4.90 Å². The van der Waals surface area contributed by atoms with E-state index in [0.29, 0.717) is 4.88 Å². The lowest BCUT2D eigenvalue weighted by Crippen LogP contribution is -2.28. The normalized spacial score (nSPS) is 10.6. The van der Waals surface area contributed by atoms with Crippen LogP contribution in [-0.2, 0) is 6.54 Å². The summed E-state index contributed by atoms with van der Waals surface area (Å²) >= 11 is 4.67. The van der Waals surface area contributed by atoms with E-state index in [0.717, 1.165) is 23.1 Å². The van der Waals surface area contributed by atoms with Gasteiger partial charge in [0, 0.05) is 24.1 Å². The molecular weight excluding hydrogens is 354 g/mol. The highest BCUT2D eigenvalue weighted by Gasteiger charge is 2.14. The number of aromatic nitrogens is 2. The molecule has 2 rings (SSSR count). The predicted molar refractivity (Wildman–Crippen MR) is 88.4 cm³/mol. The maximum Gasteiger partial charge on any atom is 0.269 e. The lowest BCUT2D eigenvalue weighted by molar-refractivity contribution is 0.0969. The molecule has 0 radical (unpaired) electrons. The number of ketones is 1. The maximum atomic E-state index is 12.1. The summed E-state index contributed by atoms with van der Waals surface area (Å²) in [6.07, 6.45) is 2.61. The summed E-state index contributed by atoms with van der Waals surface area (Å²) in [5.74, 6) is -0.124. The molecule has 7 heteroatoms. The molecule has 0 fully saturated rings. The Labute approximate surface area is 135 Å². The van der Waals surface area contributed by atoms with Gasteiger partial charge >= 0.3 is 0 Å². The molecule has 21 heavy (non-hydrogen) atoms. The van der Waals surface area contributed by atoms with Crippen molar-refractivity contribution in [2.24, 2.45) is 0 Å². The van der Waals surface area contributed by atoms with Crippen molar-refractivity contribution in [3.05, 3.63) is 43.4 Å². The van der Waals surface area contributed by atoms with Gasteiger partial charge in [-0.05, 0) is 33.8 Å². The molecule has 5 nitrogen and oxygen atoms in total. The fourth-order valence-electron chi connectivity index (χ4n) is 1.92. The molecule has 0 aliphatic rings. The third kappa shape index (κ3) is 3.79. The van der Waals surface area contributed by atoms with E-state index in [2.05, 4.69) is 28.0 Å². The molecule has 0 spiro atoms. The van der Waals surface area contributed by atoms with Gasteiger partial charge in [0.15, 0.2) is 5.78 Å². The Morgan fingerprint density at radius 1 is 1.52 bits per heavy atom. The molecular formula is C14H16BrN3O2S. The molecule has 0 unspecified atom stereocenters. The van der Waals surface area contributed by atoms with Gasteiger partial charge in [0.05, 0.1) is 16.8 Å². The summed E-state index contributed by atoms with van der Waals surface area (Å²) in [5, 5.41) is 5.92. The SMILES string of the molecule is CCCN(C)c1cnn(CC(=O)c2sccc2Br)c(=O)c1. The van der Waals surface area contributed by atoms with E-state index in [4.69, 9.17) is 0 Å². The minimum atomic E-state index is -0.267. The minimum absolute atomic E-state index is 0.0459. The molecule has 0 aliphatic carbocycles. The molecule has 0 N–H and O–H groups in total. The van der Waals surface area contributed by atoms with Crippen molar-refractivity contribution in [3.63, 3.8) is 0 Å². The summed E-state index contributed by atoms with van der Waals surface area (Å²) in [5.41, 5.74) is 0.499. The van der Waals surface area contributed by atoms with E-state index in [1.807, 2.05) is 23.4 Å². The van der Waals surface area contributed by atoms with Crippen LogP contribution in [0.3, 0.4) is 0 Å². The predicted octanol–water partition coefficient (Wildman–Crippen LogP) is 2.80. The molecule has 112 valence electrons. The van der Waals surface area contributed by atoms with Crippen molar-refractivity contribution in [1.82, 2.24) is 9.78 Å². The maximum absolute atomic E-state index is 12.1. The van der Waals surface area contributed by atoms with Gasteiger partial charge in [-0.25, -0.2) is 4.68 Å². The zero-order valence-electron chi connectivity index (χ0n) is 11.9. The Balaban J connectivity index is 2.17. The molecule has 0 saturated heterocycles. The van der Waals surface area contributed by atoms with Crippen molar-refractivity contribution in [2.75, 3.05) is 18.5 Å². The second-order valence-corrected chi connectivity index (χ2v) is 6.42. The second kappa shape index (κ2) is 7.00. The molecule has 0 aromatic carbocycles. The average molecular weight is 370 g/mol. The Kier molecular flexibility index (Phi) is 5.30. The van der Waals surface area contributed by atoms with Gasteiger partial charge in [0.25, 0.3) is 5.56 Å². The van der Waals surface area contributed by atoms with Gasteiger partial charge in [-0.2, -0.15) is 5.10 Å². The summed E-state index contributed by atoms with van der Waals surface area (Å²) in [6.45, 7) is 2.88. The second-order valence-electron chi connectivity index (χ2n) is 4.65. The number of carbonyl (C=O) groups is 1. The van der Waals surface area contributed by atoms with Gasteiger partial charge in [-0.15, -0.1) is 11.3 Å². The topological polar surface area (TPSA) is 55.2 Å². The lowest BCUT2D eigenvalue weighted by atomic mass is 10.3. The quantitative estimate of drug-likeness (QED) is 0.734. The van der Waals surface area contributed by atoms with Crippen LogP contribution in [0.25, 0.3) is 0 Å². The van der Waals surface area contributed by atoms with E-state index in [-0.39, 0.29) is 17.9 Å². The molecule has 2 heterocycles. The zero-order valence-corrected chi connectivity index (χ0v) is 14.3. The number of hydrogen-bond acceptors (Lipinski definition) is 5. The first-order chi connectivity index (χ1) is 10.0. The van der Waals surface area contributed by atoms with E-state index in [1.165, 1.54) is 22.1 Å². The first kappa shape index (κ1) is 15.9. The molecule has 0 bridgehead atoms. The fraction of sp³-hybridized carbons (Fsp3) is 0.357. The Hall–Kier alpha value is -1.47. The van der Waals surface area contributed by atoms with Crippen LogP contribution in [-0.4, -0.2) is 29.2 Å². The Morgan fingerprint density at radius 2 is 2.29 bits per heavy atom. The summed E-state index contributed by atoms with van der Waals surface area (Å²) in [4.78, 5) is 26.8. The van der Waals surface area contributed by atoms with Crippen LogP contribution in [0.2, 0.25) is 0 Å². The van der Waals surface area contributed by atoms with Crippen LogP contribution in [0, 0.1) is 0 Å². The van der Waals surface area contributed by atoms with E-state index in [9.17, 15) is 9.59 Å². The number of Topliss-reactive ketones (excluding diaryl/α,β-unsaturated/α-hetero) is 1. The lowest BCUT2D eigenvalue weighted by Gasteiger charge is -2.17. The number of hydrogen-bond donors (Lipinski definition) is 0. The highest BCUT2D eigenvalue weighted by molar-refractivity contribution is 9.10. The molecule has 2 aromatic heterocycles. The Bertz CT molecular complexity index is 696. The van der Waals surface area contributed by atoms with E-state index < -0.39 is 0 Å². The molecule has 0 aliphatic heterocycles. The smallest absolute Gasteiger partial charge is 0.269 e. The minimum Gasteiger partial charge on any atom is -0.373 e. The largest absolute Gasteiger partial charge is 0.373 e. The zero-order chi connectivity index (χ0) is 15.4. The molecule has 2 aromatic rings. The molecule has 0 amide bonds. The number of halogens is 1. The van der Waals surface area contributed by atoms with Crippen molar-refractivity contribution in [3.8, 4) is 0 Å². The third-order valence-corrected chi connectivity index (χ3v) is 4.90. The van der Waals surface area contributed by atoms with Crippen LogP contribution in [0.1, 0.15) is 23.0 Å². The van der Waals surface area contributed by atoms with Gasteiger partial charge in [0.2, 0.25) is 0 Å². The molecule has 0 atom stereocenters. The fourth-order valence-corrected chi connectivity index (χ4v) is 3.44. The number of thiophene rings is 1. The van der Waals surface area contributed by atoms with Crippen molar-refractivity contribution >= 4 is 38.7 Å². The highest BCUT2D eigenvalue weighted by Crippen LogP contribution is 2.23. The first-order valence-corrected chi connectivity index (χ1v) is 8.24. The summed E-state index contributed by atoms with van der Waals surface area (Å²) in [7, 11) is 1.91. The van der Waals surface area contributed by atoms with E-state index >= 15 is 0 Å². The third-order valence-electron chi connectivity index (χ3n) is 3.02. The van der Waals surface area contributed by atoms with Gasteiger partial charge in [0.1, 0.15) is 6.54 Å². The van der Waals surface area contributed by atoms with Gasteiger partial charge in [-0.3, -0.25) is 9.59 Å². The van der Waals surface area contributed by atoms with Crippen molar-refractivity contribution < 1.29 is 4.79 Å².